The number of nitrogens with one attached hydrogen (secondary N) is 2. The van der Waals surface area contributed by atoms with Crippen LogP contribution in [0.15, 0.2) is 0 Å². The number of hydrogen-bond donors (Lipinski definition) is 2. The molecule has 72 valence electrons. The maximum atomic E-state index is 11.1. The van der Waals surface area contributed by atoms with Crippen molar-refractivity contribution in [3.8, 4) is 0 Å². The van der Waals surface area contributed by atoms with Gasteiger partial charge >= 0.3 is 6.03 Å². The van der Waals surface area contributed by atoms with E-state index in [1.807, 2.05) is 0 Å². The Morgan fingerprint density at radius 3 is 2.92 bits per heavy atom. The highest BCUT2D eigenvalue weighted by atomic mass is 32.1. The summed E-state index contributed by atoms with van der Waals surface area (Å²) < 4.78 is 0. The first kappa shape index (κ1) is 8.94. The summed E-state index contributed by atoms with van der Waals surface area (Å²) in [5.41, 5.74) is -0.204. The van der Waals surface area contributed by atoms with Gasteiger partial charge in [0.1, 0.15) is 4.99 Å². The molecule has 0 aromatic rings. The molecule has 2 N–H and O–H groups in total. The van der Waals surface area contributed by atoms with Gasteiger partial charge in [-0.2, -0.15) is 0 Å². The molecule has 3 nitrogen and oxygen atoms in total. The molecule has 1 aliphatic heterocycles. The third-order valence-electron chi connectivity index (χ3n) is 3.01. The maximum Gasteiger partial charge on any atom is 0.320 e. The van der Waals surface area contributed by atoms with Crippen LogP contribution in [-0.4, -0.2) is 16.6 Å². The molecule has 1 saturated heterocycles. The molecule has 0 bridgehead atoms. The van der Waals surface area contributed by atoms with Crippen molar-refractivity contribution in [1.29, 1.82) is 0 Å². The average Bonchev–Trinajstić information content (AvgIpc) is 2.26. The van der Waals surface area contributed by atoms with Gasteiger partial charge < -0.3 is 10.6 Å². The zero-order valence-electron chi connectivity index (χ0n) is 7.72. The van der Waals surface area contributed by atoms with E-state index in [0.29, 0.717) is 10.9 Å². The minimum Gasteiger partial charge on any atom is -0.326 e. The first-order chi connectivity index (χ1) is 6.12. The van der Waals surface area contributed by atoms with Gasteiger partial charge in [0.15, 0.2) is 0 Å². The first-order valence-corrected chi connectivity index (χ1v) is 5.17. The van der Waals surface area contributed by atoms with Crippen molar-refractivity contribution in [2.45, 2.75) is 38.1 Å². The molecule has 2 rings (SSSR count). The lowest BCUT2D eigenvalue weighted by molar-refractivity contribution is 0.231. The van der Waals surface area contributed by atoms with Crippen molar-refractivity contribution < 1.29 is 4.79 Å². The molecule has 2 amide bonds. The van der Waals surface area contributed by atoms with Crippen LogP contribution in [-0.2, 0) is 0 Å². The van der Waals surface area contributed by atoms with E-state index >= 15 is 0 Å². The summed E-state index contributed by atoms with van der Waals surface area (Å²) in [5.74, 6) is 0.659. The molecular weight excluding hydrogens is 184 g/mol. The summed E-state index contributed by atoms with van der Waals surface area (Å²) in [4.78, 5) is 11.8. The molecule has 13 heavy (non-hydrogen) atoms. The number of urea groups is 1. The van der Waals surface area contributed by atoms with E-state index in [2.05, 4.69) is 17.6 Å². The van der Waals surface area contributed by atoms with Crippen LogP contribution in [0.2, 0.25) is 0 Å². The van der Waals surface area contributed by atoms with Crippen LogP contribution in [0.5, 0.6) is 0 Å². The predicted molar refractivity (Wildman–Crippen MR) is 54.6 cm³/mol. The van der Waals surface area contributed by atoms with Gasteiger partial charge in [-0.25, -0.2) is 4.79 Å². The standard InChI is InChI=1S/C9H14N2OS/c1-6-3-2-4-9(5-6)7(13)10-8(12)11-9/h6H,2-5H2,1H3,(H2,10,11,12,13)/t6-,9-/m0/s1. The lowest BCUT2D eigenvalue weighted by atomic mass is 9.77. The summed E-state index contributed by atoms with van der Waals surface area (Å²) in [7, 11) is 0. The van der Waals surface area contributed by atoms with Crippen LogP contribution in [0.25, 0.3) is 0 Å². The second-order valence-electron chi connectivity index (χ2n) is 4.19. The summed E-state index contributed by atoms with van der Waals surface area (Å²) in [6, 6.07) is -0.126. The van der Waals surface area contributed by atoms with E-state index in [0.717, 1.165) is 19.3 Å². The predicted octanol–water partition coefficient (Wildman–Crippen LogP) is 1.58. The zero-order chi connectivity index (χ0) is 9.47. The third-order valence-corrected chi connectivity index (χ3v) is 3.50. The highest BCUT2D eigenvalue weighted by Gasteiger charge is 2.44. The number of carbonyl (C=O) groups is 1. The minimum absolute atomic E-state index is 0.126. The zero-order valence-corrected chi connectivity index (χ0v) is 8.54. The largest absolute Gasteiger partial charge is 0.326 e. The number of hydrogen-bond acceptors (Lipinski definition) is 2. The summed E-state index contributed by atoms with van der Waals surface area (Å²) in [6.07, 6.45) is 4.39. The van der Waals surface area contributed by atoms with Crippen molar-refractivity contribution >= 4 is 23.2 Å². The molecule has 0 aromatic heterocycles. The van der Waals surface area contributed by atoms with Crippen LogP contribution in [0.1, 0.15) is 32.6 Å². The van der Waals surface area contributed by atoms with Crippen molar-refractivity contribution in [1.82, 2.24) is 10.6 Å². The maximum absolute atomic E-state index is 11.1. The molecule has 1 spiro atoms. The molecule has 0 unspecified atom stereocenters. The molecule has 1 heterocycles. The van der Waals surface area contributed by atoms with Gasteiger partial charge in [-0.05, 0) is 18.8 Å². The topological polar surface area (TPSA) is 41.1 Å². The second-order valence-corrected chi connectivity index (χ2v) is 4.60. The fourth-order valence-corrected chi connectivity index (χ4v) is 2.73. The Morgan fingerprint density at radius 1 is 1.62 bits per heavy atom. The average molecular weight is 198 g/mol. The van der Waals surface area contributed by atoms with Crippen LogP contribution < -0.4 is 10.6 Å². The van der Waals surface area contributed by atoms with Gasteiger partial charge in [-0.1, -0.05) is 32.0 Å². The molecule has 2 fully saturated rings. The van der Waals surface area contributed by atoms with Crippen molar-refractivity contribution in [3.63, 3.8) is 0 Å². The van der Waals surface area contributed by atoms with Crippen LogP contribution in [0.3, 0.4) is 0 Å². The normalized spacial score (nSPS) is 39.0. The van der Waals surface area contributed by atoms with E-state index in [9.17, 15) is 4.79 Å². The second kappa shape index (κ2) is 2.94. The van der Waals surface area contributed by atoms with Crippen molar-refractivity contribution in [3.05, 3.63) is 0 Å². The Kier molecular flexibility index (Phi) is 2.02. The number of thiocarbonyl (C=S) groups is 1. The van der Waals surface area contributed by atoms with Gasteiger partial charge in [0, 0.05) is 0 Å². The molecule has 0 radical (unpaired) electrons. The molecule has 1 saturated carbocycles. The van der Waals surface area contributed by atoms with Crippen molar-refractivity contribution in [2.24, 2.45) is 5.92 Å². The van der Waals surface area contributed by atoms with Gasteiger partial charge in [0.2, 0.25) is 0 Å². The fraction of sp³-hybridized carbons (Fsp3) is 0.778. The quantitative estimate of drug-likeness (QED) is 0.580. The molecule has 1 aliphatic carbocycles. The Balaban J connectivity index is 2.19. The Hall–Kier alpha value is -0.640. The van der Waals surface area contributed by atoms with Crippen molar-refractivity contribution in [2.75, 3.05) is 0 Å². The van der Waals surface area contributed by atoms with Crippen LogP contribution in [0.4, 0.5) is 4.79 Å². The number of carbonyl (C=O) groups excluding carboxylic acids is 1. The van der Waals surface area contributed by atoms with Gasteiger partial charge in [-0.15, -0.1) is 0 Å². The smallest absolute Gasteiger partial charge is 0.320 e. The lowest BCUT2D eigenvalue weighted by Crippen LogP contribution is -2.49. The SMILES string of the molecule is C[C@H]1CCC[C@@]2(C1)NC(=O)NC2=S. The first-order valence-electron chi connectivity index (χ1n) is 4.76. The minimum atomic E-state index is -0.204. The van der Waals surface area contributed by atoms with E-state index in [1.54, 1.807) is 0 Å². The Morgan fingerprint density at radius 2 is 2.38 bits per heavy atom. The number of amides is 2. The molecule has 2 atom stereocenters. The van der Waals surface area contributed by atoms with Gasteiger partial charge in [0.05, 0.1) is 5.54 Å². The summed E-state index contributed by atoms with van der Waals surface area (Å²) in [5, 5.41) is 5.64. The molecule has 0 aromatic carbocycles. The molecular formula is C9H14N2OS. The fourth-order valence-electron chi connectivity index (χ4n) is 2.40. The third kappa shape index (κ3) is 1.43. The molecule has 2 aliphatic rings. The van der Waals surface area contributed by atoms with E-state index in [-0.39, 0.29) is 11.6 Å². The van der Waals surface area contributed by atoms with E-state index in [1.165, 1.54) is 6.42 Å². The monoisotopic (exact) mass is 198 g/mol. The summed E-state index contributed by atoms with van der Waals surface area (Å²) in [6.45, 7) is 2.22. The van der Waals surface area contributed by atoms with Crippen LogP contribution in [0, 0.1) is 5.92 Å². The number of rotatable bonds is 0. The van der Waals surface area contributed by atoms with Gasteiger partial charge in [0.25, 0.3) is 0 Å². The summed E-state index contributed by atoms with van der Waals surface area (Å²) >= 11 is 5.19. The highest BCUT2D eigenvalue weighted by molar-refractivity contribution is 7.80. The van der Waals surface area contributed by atoms with Crippen LogP contribution >= 0.6 is 12.2 Å². The Bertz CT molecular complexity index is 266. The lowest BCUT2D eigenvalue weighted by Gasteiger charge is -2.35. The van der Waals surface area contributed by atoms with Gasteiger partial charge in [-0.3, -0.25) is 0 Å². The van der Waals surface area contributed by atoms with E-state index in [4.69, 9.17) is 12.2 Å². The van der Waals surface area contributed by atoms with E-state index < -0.39 is 0 Å². The Labute approximate surface area is 83.3 Å². The highest BCUT2D eigenvalue weighted by Crippen LogP contribution is 2.34. The molecule has 4 heteroatoms.